The number of nitrogens with two attached hydrogens (primary N) is 2. The van der Waals surface area contributed by atoms with Crippen molar-refractivity contribution in [3.8, 4) is 0 Å². The molecule has 0 aromatic carbocycles. The van der Waals surface area contributed by atoms with Gasteiger partial charge >= 0.3 is 0 Å². The number of rotatable bonds is 3. The summed E-state index contributed by atoms with van der Waals surface area (Å²) in [7, 11) is 0. The number of thiocarbonyl (C=S) groups is 2. The van der Waals surface area contributed by atoms with Crippen molar-refractivity contribution in [1.82, 2.24) is 10.6 Å². The van der Waals surface area contributed by atoms with E-state index in [1.807, 2.05) is 0 Å². The molecule has 8 N–H and O–H groups in total. The lowest BCUT2D eigenvalue weighted by atomic mass is 10.6. The fraction of sp³-hybridized carbons (Fsp3) is 0.333. The van der Waals surface area contributed by atoms with Crippen LogP contribution in [-0.4, -0.2) is 35.5 Å². The molecule has 0 aromatic heterocycles. The van der Waals surface area contributed by atoms with Gasteiger partial charge in [0.15, 0.2) is 0 Å². The van der Waals surface area contributed by atoms with Crippen molar-refractivity contribution < 1.29 is 9.47 Å². The van der Waals surface area contributed by atoms with Gasteiger partial charge in [-0.3, -0.25) is 10.8 Å². The topological polar surface area (TPSA) is 142 Å². The lowest BCUT2D eigenvalue weighted by Gasteiger charge is -2.09. The minimum atomic E-state index is -0.485. The van der Waals surface area contributed by atoms with E-state index in [1.54, 1.807) is 0 Å². The second kappa shape index (κ2) is 7.59. The van der Waals surface area contributed by atoms with Crippen molar-refractivity contribution in [2.24, 2.45) is 11.5 Å². The van der Waals surface area contributed by atoms with Gasteiger partial charge in [0.25, 0.3) is 22.4 Å². The molecule has 10 heteroatoms. The molecule has 0 amide bonds. The fourth-order valence-corrected chi connectivity index (χ4v) is 0.985. The van der Waals surface area contributed by atoms with Crippen LogP contribution in [-0.2, 0) is 9.47 Å². The molecule has 0 aromatic rings. The standard InChI is InChI=1S/C6H12N6O2S2/c7-3(8)13-5(15)11-1-2-12-6(16)14-4(9)10/h1-2H2,(H3,7,8)(H3,9,10)(H,11,15)(H,12,16). The van der Waals surface area contributed by atoms with Gasteiger partial charge in [-0.1, -0.05) is 0 Å². The maximum absolute atomic E-state index is 6.78. The van der Waals surface area contributed by atoms with Gasteiger partial charge in [0.05, 0.1) is 0 Å². The zero-order valence-electron chi connectivity index (χ0n) is 8.20. The summed E-state index contributed by atoms with van der Waals surface area (Å²) < 4.78 is 9.11. The summed E-state index contributed by atoms with van der Waals surface area (Å²) in [5, 5.41) is 18.9. The van der Waals surface area contributed by atoms with Crippen LogP contribution in [0, 0.1) is 10.8 Å². The third kappa shape index (κ3) is 8.90. The Morgan fingerprint density at radius 3 is 1.50 bits per heavy atom. The lowest BCUT2D eigenvalue weighted by Crippen LogP contribution is -2.37. The zero-order valence-corrected chi connectivity index (χ0v) is 9.83. The molecule has 16 heavy (non-hydrogen) atoms. The summed E-state index contributed by atoms with van der Waals surface area (Å²) in [6.45, 7) is 0.765. The van der Waals surface area contributed by atoms with Gasteiger partial charge in [0.2, 0.25) is 0 Å². The molecule has 0 bridgehead atoms. The van der Waals surface area contributed by atoms with Crippen LogP contribution < -0.4 is 22.1 Å². The first-order valence-corrected chi connectivity index (χ1v) is 4.83. The number of hydrogen-bond donors (Lipinski definition) is 6. The highest BCUT2D eigenvalue weighted by Crippen LogP contribution is 1.77. The lowest BCUT2D eigenvalue weighted by molar-refractivity contribution is 0.500. The number of hydrogen-bond acceptors (Lipinski definition) is 6. The highest BCUT2D eigenvalue weighted by atomic mass is 32.1. The van der Waals surface area contributed by atoms with E-state index in [0.29, 0.717) is 13.1 Å². The Morgan fingerprint density at radius 2 is 1.25 bits per heavy atom. The van der Waals surface area contributed by atoms with Gasteiger partial charge < -0.3 is 31.6 Å². The Bertz CT molecular complexity index is 277. The van der Waals surface area contributed by atoms with E-state index in [9.17, 15) is 0 Å². The summed E-state index contributed by atoms with van der Waals surface area (Å²) in [5.41, 5.74) is 9.88. The second-order valence-electron chi connectivity index (χ2n) is 2.36. The predicted molar refractivity (Wildman–Crippen MR) is 67.2 cm³/mol. The third-order valence-electron chi connectivity index (χ3n) is 1.07. The van der Waals surface area contributed by atoms with Gasteiger partial charge in [-0.15, -0.1) is 0 Å². The van der Waals surface area contributed by atoms with Crippen LogP contribution in [0.25, 0.3) is 0 Å². The predicted octanol–water partition coefficient (Wildman–Crippen LogP) is -1.44. The zero-order chi connectivity index (χ0) is 12.6. The molecular formula is C6H12N6O2S2. The molecule has 0 saturated heterocycles. The van der Waals surface area contributed by atoms with Crippen molar-refractivity contribution in [2.75, 3.05) is 13.1 Å². The SMILES string of the molecule is N=C(N)OC(=S)NCCNC(=S)OC(=N)N. The third-order valence-corrected chi connectivity index (χ3v) is 1.52. The summed E-state index contributed by atoms with van der Waals surface area (Å²) in [5.74, 6) is 0. The number of nitrogens with one attached hydrogen (secondary N) is 4. The van der Waals surface area contributed by atoms with Crippen LogP contribution in [0.2, 0.25) is 0 Å². The Kier molecular flexibility index (Phi) is 6.79. The van der Waals surface area contributed by atoms with E-state index in [1.165, 1.54) is 0 Å². The first-order valence-electron chi connectivity index (χ1n) is 4.01. The van der Waals surface area contributed by atoms with Crippen molar-refractivity contribution in [3.05, 3.63) is 0 Å². The van der Waals surface area contributed by atoms with E-state index in [2.05, 4.69) is 44.5 Å². The Morgan fingerprint density at radius 1 is 0.938 bits per heavy atom. The minimum absolute atomic E-state index is 0.00675. The number of amidine groups is 2. The van der Waals surface area contributed by atoms with Crippen molar-refractivity contribution >= 4 is 46.8 Å². The van der Waals surface area contributed by atoms with Gasteiger partial charge in [0.1, 0.15) is 0 Å². The molecule has 0 heterocycles. The summed E-state index contributed by atoms with van der Waals surface area (Å²) in [6, 6.07) is -0.971. The molecule has 0 rings (SSSR count). The monoisotopic (exact) mass is 264 g/mol. The molecule has 0 fully saturated rings. The normalized spacial score (nSPS) is 8.75. The summed E-state index contributed by atoms with van der Waals surface area (Å²) in [4.78, 5) is 0. The van der Waals surface area contributed by atoms with E-state index >= 15 is 0 Å². The van der Waals surface area contributed by atoms with Crippen molar-refractivity contribution in [2.45, 2.75) is 0 Å². The molecule has 0 aliphatic rings. The maximum Gasteiger partial charge on any atom is 0.286 e. The Labute approximate surface area is 103 Å². The van der Waals surface area contributed by atoms with Gasteiger partial charge in [-0.05, 0) is 24.4 Å². The van der Waals surface area contributed by atoms with Crippen LogP contribution in [0.3, 0.4) is 0 Å². The minimum Gasteiger partial charge on any atom is -0.399 e. The van der Waals surface area contributed by atoms with Crippen LogP contribution in [0.1, 0.15) is 0 Å². The average molecular weight is 264 g/mol. The highest BCUT2D eigenvalue weighted by molar-refractivity contribution is 7.80. The highest BCUT2D eigenvalue weighted by Gasteiger charge is 2.00. The molecule has 0 spiro atoms. The molecule has 0 unspecified atom stereocenters. The van der Waals surface area contributed by atoms with Crippen molar-refractivity contribution in [1.29, 1.82) is 10.8 Å². The van der Waals surface area contributed by atoms with E-state index in [4.69, 9.17) is 22.3 Å². The van der Waals surface area contributed by atoms with Crippen LogP contribution in [0.15, 0.2) is 0 Å². The fourth-order valence-electron chi connectivity index (χ4n) is 0.601. The van der Waals surface area contributed by atoms with E-state index in [0.717, 1.165) is 0 Å². The molecule has 8 nitrogen and oxygen atoms in total. The molecule has 0 aliphatic heterocycles. The Balaban J connectivity index is 3.53. The Hall–Kier alpha value is -1.68. The maximum atomic E-state index is 6.78. The summed E-state index contributed by atoms with van der Waals surface area (Å²) in [6.07, 6.45) is 0. The summed E-state index contributed by atoms with van der Waals surface area (Å²) >= 11 is 9.36. The van der Waals surface area contributed by atoms with E-state index in [-0.39, 0.29) is 10.3 Å². The molecule has 0 aliphatic carbocycles. The first kappa shape index (κ1) is 14.3. The molecular weight excluding hydrogens is 252 g/mol. The largest absolute Gasteiger partial charge is 0.399 e. The van der Waals surface area contributed by atoms with Crippen LogP contribution in [0.5, 0.6) is 0 Å². The van der Waals surface area contributed by atoms with Crippen molar-refractivity contribution in [3.63, 3.8) is 0 Å². The van der Waals surface area contributed by atoms with Gasteiger partial charge in [0, 0.05) is 13.1 Å². The quantitative estimate of drug-likeness (QED) is 0.157. The average Bonchev–Trinajstić information content (AvgIpc) is 2.10. The van der Waals surface area contributed by atoms with E-state index < -0.39 is 12.0 Å². The molecule has 0 radical (unpaired) electrons. The van der Waals surface area contributed by atoms with Gasteiger partial charge in [-0.25, -0.2) is 0 Å². The molecule has 90 valence electrons. The van der Waals surface area contributed by atoms with Crippen LogP contribution in [0.4, 0.5) is 0 Å². The second-order valence-corrected chi connectivity index (χ2v) is 3.10. The first-order chi connectivity index (χ1) is 7.41. The molecule has 0 saturated carbocycles. The smallest absolute Gasteiger partial charge is 0.286 e. The number of ether oxygens (including phenoxy) is 2. The molecule has 0 atom stereocenters. The van der Waals surface area contributed by atoms with Gasteiger partial charge in [-0.2, -0.15) is 0 Å². The van der Waals surface area contributed by atoms with Crippen LogP contribution >= 0.6 is 24.4 Å².